The fraction of sp³-hybridized carbons (Fsp3) is 0.286. The van der Waals surface area contributed by atoms with Crippen LogP contribution in [0.5, 0.6) is 0 Å². The number of nitrogens with one attached hydrogen (secondary N) is 1. The number of H-pyrrole nitrogens is 1. The predicted octanol–water partition coefficient (Wildman–Crippen LogP) is 0.954. The Kier molecular flexibility index (Phi) is 3.28. The second-order valence-corrected chi connectivity index (χ2v) is 4.86. The number of rotatable bonds is 2. The molecule has 0 unspecified atom stereocenters. The zero-order chi connectivity index (χ0) is 13.9. The van der Waals surface area contributed by atoms with Crippen molar-refractivity contribution in [2.24, 2.45) is 0 Å². The third-order valence-corrected chi connectivity index (χ3v) is 3.57. The highest BCUT2D eigenvalue weighted by Gasteiger charge is 2.22. The molecular formula is C14H17N5O. The summed E-state index contributed by atoms with van der Waals surface area (Å²) in [6.07, 6.45) is 3.20. The van der Waals surface area contributed by atoms with Crippen LogP contribution in [0.2, 0.25) is 0 Å². The summed E-state index contributed by atoms with van der Waals surface area (Å²) in [5.74, 6) is 0.0377. The molecule has 1 aliphatic heterocycles. The first-order valence-electron chi connectivity index (χ1n) is 6.62. The normalized spacial score (nSPS) is 15.4. The number of carbonyl (C=O) groups excluding carboxylic acids is 1. The van der Waals surface area contributed by atoms with Crippen LogP contribution in [-0.2, 0) is 0 Å². The number of amides is 1. The van der Waals surface area contributed by atoms with E-state index in [9.17, 15) is 4.79 Å². The second-order valence-electron chi connectivity index (χ2n) is 4.86. The number of nitrogen functional groups attached to an aromatic ring is 1. The Morgan fingerprint density at radius 1 is 1.15 bits per heavy atom. The van der Waals surface area contributed by atoms with Crippen molar-refractivity contribution < 1.29 is 4.79 Å². The minimum absolute atomic E-state index is 0.0377. The quantitative estimate of drug-likeness (QED) is 0.797. The average Bonchev–Trinajstić information content (AvgIpc) is 3.02. The molecule has 104 valence electrons. The Labute approximate surface area is 117 Å². The number of aromatic amines is 1. The van der Waals surface area contributed by atoms with Crippen LogP contribution < -0.4 is 10.6 Å². The number of hydrogen-bond donors (Lipinski definition) is 2. The molecule has 1 aliphatic rings. The standard InChI is InChI=1S/C14H17N5O/c15-12-1-3-13(4-2-12)18-5-7-19(8-6-18)14(20)11-9-16-17-10-11/h1-4,9-10H,5-8,15H2,(H,16,17). The van der Waals surface area contributed by atoms with Crippen molar-refractivity contribution in [2.75, 3.05) is 36.8 Å². The summed E-state index contributed by atoms with van der Waals surface area (Å²) in [6, 6.07) is 7.84. The minimum Gasteiger partial charge on any atom is -0.399 e. The molecule has 0 atom stereocenters. The van der Waals surface area contributed by atoms with Gasteiger partial charge >= 0.3 is 0 Å². The number of piperazine rings is 1. The van der Waals surface area contributed by atoms with Gasteiger partial charge in [0.05, 0.1) is 11.8 Å². The van der Waals surface area contributed by atoms with E-state index in [-0.39, 0.29) is 5.91 Å². The zero-order valence-electron chi connectivity index (χ0n) is 11.1. The van der Waals surface area contributed by atoms with Crippen LogP contribution in [0.25, 0.3) is 0 Å². The van der Waals surface area contributed by atoms with Crippen LogP contribution >= 0.6 is 0 Å². The Bertz CT molecular complexity index is 570. The molecule has 2 aromatic rings. The van der Waals surface area contributed by atoms with Gasteiger partial charge in [-0.05, 0) is 24.3 Å². The zero-order valence-corrected chi connectivity index (χ0v) is 11.1. The lowest BCUT2D eigenvalue weighted by Gasteiger charge is -2.36. The van der Waals surface area contributed by atoms with E-state index in [0.29, 0.717) is 18.7 Å². The van der Waals surface area contributed by atoms with E-state index in [4.69, 9.17) is 5.73 Å². The van der Waals surface area contributed by atoms with Gasteiger partial charge in [0.25, 0.3) is 5.91 Å². The van der Waals surface area contributed by atoms with Crippen molar-refractivity contribution >= 4 is 17.3 Å². The van der Waals surface area contributed by atoms with Crippen molar-refractivity contribution in [2.45, 2.75) is 0 Å². The molecule has 0 radical (unpaired) electrons. The third-order valence-electron chi connectivity index (χ3n) is 3.57. The van der Waals surface area contributed by atoms with Gasteiger partial charge in [0.1, 0.15) is 0 Å². The lowest BCUT2D eigenvalue weighted by atomic mass is 10.2. The maximum Gasteiger partial charge on any atom is 0.257 e. The van der Waals surface area contributed by atoms with Crippen LogP contribution in [0.1, 0.15) is 10.4 Å². The van der Waals surface area contributed by atoms with E-state index in [0.717, 1.165) is 24.5 Å². The largest absolute Gasteiger partial charge is 0.399 e. The number of nitrogens with two attached hydrogens (primary N) is 1. The third kappa shape index (κ3) is 2.45. The SMILES string of the molecule is Nc1ccc(N2CCN(C(=O)c3cn[nH]c3)CC2)cc1. The van der Waals surface area contributed by atoms with E-state index >= 15 is 0 Å². The molecule has 0 aliphatic carbocycles. The summed E-state index contributed by atoms with van der Waals surface area (Å²) in [6.45, 7) is 3.09. The van der Waals surface area contributed by atoms with Gasteiger partial charge in [0.2, 0.25) is 0 Å². The maximum atomic E-state index is 12.2. The van der Waals surface area contributed by atoms with Gasteiger partial charge in [-0.3, -0.25) is 9.89 Å². The summed E-state index contributed by atoms with van der Waals surface area (Å²) in [7, 11) is 0. The summed E-state index contributed by atoms with van der Waals surface area (Å²) >= 11 is 0. The molecule has 20 heavy (non-hydrogen) atoms. The van der Waals surface area contributed by atoms with Gasteiger partial charge in [-0.15, -0.1) is 0 Å². The number of benzene rings is 1. The summed E-state index contributed by atoms with van der Waals surface area (Å²) < 4.78 is 0. The highest BCUT2D eigenvalue weighted by atomic mass is 16.2. The Morgan fingerprint density at radius 2 is 1.85 bits per heavy atom. The van der Waals surface area contributed by atoms with E-state index in [1.54, 1.807) is 12.4 Å². The fourth-order valence-electron chi connectivity index (χ4n) is 2.40. The number of aromatic nitrogens is 2. The highest BCUT2D eigenvalue weighted by Crippen LogP contribution is 2.18. The monoisotopic (exact) mass is 271 g/mol. The number of hydrogen-bond acceptors (Lipinski definition) is 4. The van der Waals surface area contributed by atoms with Crippen LogP contribution in [0.4, 0.5) is 11.4 Å². The summed E-state index contributed by atoms with van der Waals surface area (Å²) in [4.78, 5) is 16.3. The molecule has 6 nitrogen and oxygen atoms in total. The Morgan fingerprint density at radius 3 is 2.45 bits per heavy atom. The lowest BCUT2D eigenvalue weighted by molar-refractivity contribution is 0.0747. The van der Waals surface area contributed by atoms with Gasteiger partial charge in [0.15, 0.2) is 0 Å². The minimum atomic E-state index is 0.0377. The van der Waals surface area contributed by atoms with Crippen molar-refractivity contribution in [3.05, 3.63) is 42.2 Å². The summed E-state index contributed by atoms with van der Waals surface area (Å²) in [5.41, 5.74) is 8.22. The maximum absolute atomic E-state index is 12.2. The van der Waals surface area contributed by atoms with E-state index in [1.807, 2.05) is 29.2 Å². The second kappa shape index (κ2) is 5.24. The van der Waals surface area contributed by atoms with Crippen LogP contribution in [-0.4, -0.2) is 47.2 Å². The molecule has 3 N–H and O–H groups in total. The lowest BCUT2D eigenvalue weighted by Crippen LogP contribution is -2.48. The predicted molar refractivity (Wildman–Crippen MR) is 77.6 cm³/mol. The average molecular weight is 271 g/mol. The molecule has 2 heterocycles. The molecule has 0 saturated carbocycles. The van der Waals surface area contributed by atoms with E-state index in [2.05, 4.69) is 15.1 Å². The first kappa shape index (κ1) is 12.5. The van der Waals surface area contributed by atoms with Crippen LogP contribution in [0, 0.1) is 0 Å². The van der Waals surface area contributed by atoms with Crippen molar-refractivity contribution in [1.29, 1.82) is 0 Å². The smallest absolute Gasteiger partial charge is 0.257 e. The molecule has 1 aromatic carbocycles. The Balaban J connectivity index is 1.62. The van der Waals surface area contributed by atoms with Crippen molar-refractivity contribution in [3.8, 4) is 0 Å². The highest BCUT2D eigenvalue weighted by molar-refractivity contribution is 5.93. The number of anilines is 2. The molecule has 1 saturated heterocycles. The van der Waals surface area contributed by atoms with Crippen LogP contribution in [0.15, 0.2) is 36.7 Å². The number of carbonyl (C=O) groups is 1. The molecule has 0 bridgehead atoms. The molecule has 1 fully saturated rings. The van der Waals surface area contributed by atoms with Gasteiger partial charge < -0.3 is 15.5 Å². The van der Waals surface area contributed by atoms with Crippen LogP contribution in [0.3, 0.4) is 0 Å². The van der Waals surface area contributed by atoms with Gasteiger partial charge in [-0.2, -0.15) is 5.10 Å². The van der Waals surface area contributed by atoms with E-state index in [1.165, 1.54) is 0 Å². The van der Waals surface area contributed by atoms with E-state index < -0.39 is 0 Å². The van der Waals surface area contributed by atoms with Crippen molar-refractivity contribution in [1.82, 2.24) is 15.1 Å². The molecule has 0 spiro atoms. The first-order valence-corrected chi connectivity index (χ1v) is 6.62. The molecular weight excluding hydrogens is 254 g/mol. The van der Waals surface area contributed by atoms with Crippen molar-refractivity contribution in [3.63, 3.8) is 0 Å². The molecule has 3 rings (SSSR count). The van der Waals surface area contributed by atoms with Gasteiger partial charge in [-0.1, -0.05) is 0 Å². The Hall–Kier alpha value is -2.50. The molecule has 6 heteroatoms. The summed E-state index contributed by atoms with van der Waals surface area (Å²) in [5, 5.41) is 6.48. The first-order chi connectivity index (χ1) is 9.74. The molecule has 1 aromatic heterocycles. The van der Waals surface area contributed by atoms with Gasteiger partial charge in [-0.25, -0.2) is 0 Å². The fourth-order valence-corrected chi connectivity index (χ4v) is 2.40. The number of nitrogens with zero attached hydrogens (tertiary/aromatic N) is 3. The molecule has 1 amide bonds. The topological polar surface area (TPSA) is 78.2 Å². The van der Waals surface area contributed by atoms with Gasteiger partial charge in [0, 0.05) is 43.8 Å².